The van der Waals surface area contributed by atoms with E-state index in [-0.39, 0.29) is 42.5 Å². The fraction of sp³-hybridized carbons (Fsp3) is 0.517. The topological polar surface area (TPSA) is 59.1 Å². The van der Waals surface area contributed by atoms with E-state index in [0.29, 0.717) is 19.6 Å². The number of hydrogen-bond acceptors (Lipinski definition) is 6. The average Bonchev–Trinajstić information content (AvgIpc) is 2.89. The number of rotatable bonds is 14. The molecular weight excluding hydrogens is 511 g/mol. The molecule has 1 heterocycles. The zero-order valence-electron chi connectivity index (χ0n) is 22.1. The van der Waals surface area contributed by atoms with Gasteiger partial charge < -0.3 is 14.4 Å². The molecule has 206 valence electrons. The number of carbonyl (C=O) groups excluding carboxylic acids is 2. The van der Waals surface area contributed by atoms with E-state index in [2.05, 4.69) is 16.7 Å². The van der Waals surface area contributed by atoms with Gasteiger partial charge in [0.05, 0.1) is 12.5 Å². The second kappa shape index (κ2) is 18.2. The lowest BCUT2D eigenvalue weighted by molar-refractivity contribution is -0.146. The standard InChI is InChI=1S/C29H40N2O4.2ClH/c1-3-5-22-34-26-13-11-25(12-14-26)28(32)15-16-30-17-19-31(20-18-30)21-23-35-29(33)27(4-2)24-9-7-6-8-10-24;;/h6-14,27H,3-5,15-23H2,1-2H3;2*1H. The fourth-order valence-corrected chi connectivity index (χ4v) is 4.31. The number of nitrogens with zero attached hydrogens (tertiary/aromatic N) is 2. The van der Waals surface area contributed by atoms with E-state index < -0.39 is 0 Å². The van der Waals surface area contributed by atoms with Gasteiger partial charge in [-0.05, 0) is 42.7 Å². The predicted molar refractivity (Wildman–Crippen MR) is 154 cm³/mol. The van der Waals surface area contributed by atoms with Crippen molar-refractivity contribution < 1.29 is 19.1 Å². The first-order valence-corrected chi connectivity index (χ1v) is 13.0. The van der Waals surface area contributed by atoms with Crippen LogP contribution in [-0.2, 0) is 9.53 Å². The molecule has 2 aromatic carbocycles. The summed E-state index contributed by atoms with van der Waals surface area (Å²) in [6.07, 6.45) is 3.39. The van der Waals surface area contributed by atoms with Crippen molar-refractivity contribution in [1.82, 2.24) is 9.80 Å². The number of halogens is 2. The van der Waals surface area contributed by atoms with Gasteiger partial charge in [0, 0.05) is 51.3 Å². The monoisotopic (exact) mass is 552 g/mol. The lowest BCUT2D eigenvalue weighted by Crippen LogP contribution is -2.47. The Morgan fingerprint density at radius 3 is 2.05 bits per heavy atom. The van der Waals surface area contributed by atoms with Gasteiger partial charge in [0.1, 0.15) is 12.4 Å². The van der Waals surface area contributed by atoms with Crippen molar-refractivity contribution in [2.45, 2.75) is 45.4 Å². The number of esters is 1. The quantitative estimate of drug-likeness (QED) is 0.172. The highest BCUT2D eigenvalue weighted by Gasteiger charge is 2.21. The molecule has 1 aliphatic rings. The van der Waals surface area contributed by atoms with Crippen molar-refractivity contribution >= 4 is 36.6 Å². The maximum absolute atomic E-state index is 12.6. The third-order valence-electron chi connectivity index (χ3n) is 6.61. The van der Waals surface area contributed by atoms with E-state index >= 15 is 0 Å². The summed E-state index contributed by atoms with van der Waals surface area (Å²) in [4.78, 5) is 29.8. The van der Waals surface area contributed by atoms with Crippen LogP contribution in [0.2, 0.25) is 0 Å². The summed E-state index contributed by atoms with van der Waals surface area (Å²) in [7, 11) is 0. The van der Waals surface area contributed by atoms with Crippen LogP contribution in [-0.4, -0.2) is 74.0 Å². The summed E-state index contributed by atoms with van der Waals surface area (Å²) in [6.45, 7) is 10.5. The molecule has 1 saturated heterocycles. The van der Waals surface area contributed by atoms with Crippen LogP contribution in [0.1, 0.15) is 61.4 Å². The Morgan fingerprint density at radius 2 is 1.46 bits per heavy atom. The van der Waals surface area contributed by atoms with Gasteiger partial charge in [-0.2, -0.15) is 0 Å². The first kappa shape index (κ1) is 32.9. The van der Waals surface area contributed by atoms with Crippen molar-refractivity contribution in [1.29, 1.82) is 0 Å². The highest BCUT2D eigenvalue weighted by molar-refractivity contribution is 5.96. The van der Waals surface area contributed by atoms with Crippen LogP contribution in [0.3, 0.4) is 0 Å². The fourth-order valence-electron chi connectivity index (χ4n) is 4.31. The molecule has 0 bridgehead atoms. The van der Waals surface area contributed by atoms with Gasteiger partial charge in [0.15, 0.2) is 5.78 Å². The van der Waals surface area contributed by atoms with Crippen molar-refractivity contribution in [2.24, 2.45) is 0 Å². The van der Waals surface area contributed by atoms with Crippen molar-refractivity contribution in [2.75, 3.05) is 52.5 Å². The van der Waals surface area contributed by atoms with Crippen LogP contribution < -0.4 is 4.74 Å². The Morgan fingerprint density at radius 1 is 0.838 bits per heavy atom. The van der Waals surface area contributed by atoms with Crippen LogP contribution >= 0.6 is 24.8 Å². The minimum atomic E-state index is -0.199. The maximum atomic E-state index is 12.6. The molecule has 1 atom stereocenters. The number of benzene rings is 2. The minimum absolute atomic E-state index is 0. The Kier molecular flexibility index (Phi) is 16.2. The molecule has 1 fully saturated rings. The molecule has 37 heavy (non-hydrogen) atoms. The molecule has 1 unspecified atom stereocenters. The van der Waals surface area contributed by atoms with E-state index in [1.807, 2.05) is 61.5 Å². The molecule has 1 aliphatic heterocycles. The molecule has 0 radical (unpaired) electrons. The number of carbonyl (C=O) groups is 2. The second-order valence-electron chi connectivity index (χ2n) is 9.12. The molecular formula is C29H42Cl2N2O4. The Balaban J connectivity index is 0.00000342. The normalized spacial score (nSPS) is 14.6. The largest absolute Gasteiger partial charge is 0.494 e. The highest BCUT2D eigenvalue weighted by atomic mass is 35.5. The summed E-state index contributed by atoms with van der Waals surface area (Å²) in [5.74, 6) is 0.650. The average molecular weight is 554 g/mol. The van der Waals surface area contributed by atoms with Gasteiger partial charge in [-0.15, -0.1) is 24.8 Å². The third-order valence-corrected chi connectivity index (χ3v) is 6.61. The zero-order chi connectivity index (χ0) is 24.9. The first-order valence-electron chi connectivity index (χ1n) is 13.0. The molecule has 0 spiro atoms. The molecule has 0 amide bonds. The number of Topliss-reactive ketones (excluding diaryl/α,β-unsaturated/α-hetero) is 1. The molecule has 3 rings (SSSR count). The molecule has 0 aromatic heterocycles. The van der Waals surface area contributed by atoms with E-state index in [1.54, 1.807) is 0 Å². The minimum Gasteiger partial charge on any atom is -0.494 e. The second-order valence-corrected chi connectivity index (χ2v) is 9.12. The molecule has 0 saturated carbocycles. The van der Waals surface area contributed by atoms with Crippen molar-refractivity contribution in [3.63, 3.8) is 0 Å². The van der Waals surface area contributed by atoms with Gasteiger partial charge in [-0.25, -0.2) is 0 Å². The summed E-state index contributed by atoms with van der Waals surface area (Å²) < 4.78 is 11.3. The van der Waals surface area contributed by atoms with Crippen molar-refractivity contribution in [3.05, 3.63) is 65.7 Å². The molecule has 6 nitrogen and oxygen atoms in total. The van der Waals surface area contributed by atoms with Crippen LogP contribution in [0.25, 0.3) is 0 Å². The van der Waals surface area contributed by atoms with E-state index in [4.69, 9.17) is 9.47 Å². The Bertz CT molecular complexity index is 904. The van der Waals surface area contributed by atoms with Gasteiger partial charge in [0.25, 0.3) is 0 Å². The smallest absolute Gasteiger partial charge is 0.313 e. The van der Waals surface area contributed by atoms with Crippen LogP contribution in [0, 0.1) is 0 Å². The number of unbranched alkanes of at least 4 members (excludes halogenated alkanes) is 1. The number of ketones is 1. The Hall–Kier alpha value is -2.12. The van der Waals surface area contributed by atoms with Gasteiger partial charge in [-0.3, -0.25) is 14.5 Å². The Labute approximate surface area is 234 Å². The third kappa shape index (κ3) is 11.0. The summed E-state index contributed by atoms with van der Waals surface area (Å²) >= 11 is 0. The molecule has 0 N–H and O–H groups in total. The van der Waals surface area contributed by atoms with Crippen LogP contribution in [0.15, 0.2) is 54.6 Å². The first-order chi connectivity index (χ1) is 17.1. The zero-order valence-corrected chi connectivity index (χ0v) is 23.7. The number of piperazine rings is 1. The van der Waals surface area contributed by atoms with Gasteiger partial charge >= 0.3 is 5.97 Å². The van der Waals surface area contributed by atoms with E-state index in [1.165, 1.54) is 0 Å². The predicted octanol–water partition coefficient (Wildman–Crippen LogP) is 5.64. The summed E-state index contributed by atoms with van der Waals surface area (Å²) in [5, 5.41) is 0. The van der Waals surface area contributed by atoms with E-state index in [9.17, 15) is 9.59 Å². The molecule has 2 aromatic rings. The number of hydrogen-bond donors (Lipinski definition) is 0. The lowest BCUT2D eigenvalue weighted by atomic mass is 9.97. The maximum Gasteiger partial charge on any atom is 0.313 e. The molecule has 0 aliphatic carbocycles. The molecule has 8 heteroatoms. The van der Waals surface area contributed by atoms with Gasteiger partial charge in [0.2, 0.25) is 0 Å². The lowest BCUT2D eigenvalue weighted by Gasteiger charge is -2.34. The van der Waals surface area contributed by atoms with Crippen molar-refractivity contribution in [3.8, 4) is 5.75 Å². The van der Waals surface area contributed by atoms with E-state index in [0.717, 1.165) is 75.4 Å². The highest BCUT2D eigenvalue weighted by Crippen LogP contribution is 2.21. The number of ether oxygens (including phenoxy) is 2. The SMILES string of the molecule is CCCCOc1ccc(C(=O)CCN2CCN(CCOC(=O)C(CC)c3ccccc3)CC2)cc1.Cl.Cl. The summed E-state index contributed by atoms with van der Waals surface area (Å²) in [5.41, 5.74) is 1.76. The van der Waals surface area contributed by atoms with Crippen LogP contribution in [0.4, 0.5) is 0 Å². The van der Waals surface area contributed by atoms with Crippen LogP contribution in [0.5, 0.6) is 5.75 Å². The summed E-state index contributed by atoms with van der Waals surface area (Å²) in [6, 6.07) is 17.3. The van der Waals surface area contributed by atoms with Gasteiger partial charge in [-0.1, -0.05) is 50.6 Å².